The number of hydrogen-bond acceptors (Lipinski definition) is 6. The molecule has 1 N–H and O–H groups in total. The minimum atomic E-state index is 0.396. The topological polar surface area (TPSA) is 60.6 Å². The number of aromatic nitrogens is 5. The van der Waals surface area contributed by atoms with Gasteiger partial charge < -0.3 is 9.88 Å². The summed E-state index contributed by atoms with van der Waals surface area (Å²) in [6.45, 7) is 9.23. The number of anilines is 2. The molecule has 0 unspecified atom stereocenters. The fraction of sp³-hybridized carbons (Fsp3) is 0.286. The van der Waals surface area contributed by atoms with Crippen LogP contribution < -0.4 is 5.32 Å². The molecule has 3 aromatic heterocycles. The lowest BCUT2D eigenvalue weighted by molar-refractivity contribution is 0.642. The summed E-state index contributed by atoms with van der Waals surface area (Å²) in [4.78, 5) is 10.3. The Morgan fingerprint density at radius 2 is 2.10 bits per heavy atom. The predicted molar refractivity (Wildman–Crippen MR) is 135 cm³/mol. The van der Waals surface area contributed by atoms with E-state index in [-0.39, 0.29) is 0 Å². The smallest absolute Gasteiger partial charge is 0.188 e. The first-order valence-corrected chi connectivity index (χ1v) is 14.0. The molecule has 30 heavy (non-hydrogen) atoms. The first kappa shape index (κ1) is 21.4. The van der Waals surface area contributed by atoms with Crippen LogP contribution in [0.3, 0.4) is 0 Å². The Morgan fingerprint density at radius 3 is 2.77 bits per heavy atom. The van der Waals surface area contributed by atoms with E-state index in [0.717, 1.165) is 45.8 Å². The molecule has 156 valence electrons. The van der Waals surface area contributed by atoms with Gasteiger partial charge in [-0.3, -0.25) is 0 Å². The second kappa shape index (κ2) is 9.11. The summed E-state index contributed by atoms with van der Waals surface area (Å²) in [7, 11) is 1.70. The summed E-state index contributed by atoms with van der Waals surface area (Å²) >= 11 is 3.93. The lowest BCUT2D eigenvalue weighted by atomic mass is 10.1. The molecule has 0 radical (unpaired) electrons. The molecule has 4 rings (SSSR count). The molecule has 0 aliphatic carbocycles. The number of imidazole rings is 1. The van der Waals surface area contributed by atoms with Crippen LogP contribution in [-0.2, 0) is 6.54 Å². The molecule has 0 spiro atoms. The van der Waals surface area contributed by atoms with Gasteiger partial charge in [0, 0.05) is 55.9 Å². The summed E-state index contributed by atoms with van der Waals surface area (Å²) in [6, 6.07) is 8.55. The summed E-state index contributed by atoms with van der Waals surface area (Å²) < 4.78 is 4.05. The lowest BCUT2D eigenvalue weighted by Gasteiger charge is -2.09. The summed E-state index contributed by atoms with van der Waals surface area (Å²) in [6.07, 6.45) is 3.90. The number of rotatable bonds is 7. The van der Waals surface area contributed by atoms with Gasteiger partial charge in [0.1, 0.15) is 5.82 Å². The third kappa shape index (κ3) is 4.42. The quantitative estimate of drug-likeness (QED) is 0.256. The van der Waals surface area contributed by atoms with Crippen LogP contribution in [0.2, 0.25) is 0 Å². The minimum absolute atomic E-state index is 0.396. The van der Waals surface area contributed by atoms with Gasteiger partial charge in [0.2, 0.25) is 0 Å². The molecule has 6 nitrogen and oxygen atoms in total. The van der Waals surface area contributed by atoms with Gasteiger partial charge in [-0.1, -0.05) is 28.8 Å². The monoisotopic (exact) mass is 550 g/mol. The molecule has 0 saturated heterocycles. The van der Waals surface area contributed by atoms with Gasteiger partial charge in [-0.25, -0.2) is 14.6 Å². The van der Waals surface area contributed by atoms with E-state index in [9.17, 15) is 0 Å². The maximum Gasteiger partial charge on any atom is 0.188 e. The van der Waals surface area contributed by atoms with Gasteiger partial charge in [-0.15, -0.1) is 11.3 Å². The third-order valence-corrected chi connectivity index (χ3v) is 7.43. The predicted octanol–water partition coefficient (Wildman–Crippen LogP) is 6.83. The van der Waals surface area contributed by atoms with Crippen molar-refractivity contribution >= 4 is 52.4 Å². The van der Waals surface area contributed by atoms with Crippen molar-refractivity contribution in [1.82, 2.24) is 24.3 Å². The molecule has 1 aromatic carbocycles. The van der Waals surface area contributed by atoms with Crippen molar-refractivity contribution in [2.75, 3.05) is 5.32 Å². The first-order chi connectivity index (χ1) is 14.5. The number of nitrogens with one attached hydrogen (secondary N) is 1. The van der Waals surface area contributed by atoms with Crippen LogP contribution in [0.4, 0.5) is 10.9 Å². The van der Waals surface area contributed by atoms with Crippen molar-refractivity contribution in [2.24, 2.45) is 0 Å². The third-order valence-electron chi connectivity index (χ3n) is 4.76. The summed E-state index contributed by atoms with van der Waals surface area (Å²) in [5, 5.41) is 11.1. The Hall–Kier alpha value is -1.85. The van der Waals surface area contributed by atoms with Crippen molar-refractivity contribution < 1.29 is 0 Å². The van der Waals surface area contributed by atoms with Crippen molar-refractivity contribution in [3.05, 3.63) is 53.6 Å². The fourth-order valence-electron chi connectivity index (χ4n) is 3.14. The lowest BCUT2D eigenvalue weighted by Crippen LogP contribution is -2.03. The molecule has 0 aliphatic rings. The zero-order valence-corrected chi connectivity index (χ0v) is 21.0. The molecule has 9 heteroatoms. The minimum Gasteiger partial charge on any atom is -0.316 e. The van der Waals surface area contributed by atoms with E-state index in [0.29, 0.717) is 5.92 Å². The fourth-order valence-corrected chi connectivity index (χ4v) is 5.34. The van der Waals surface area contributed by atoms with Gasteiger partial charge in [0.25, 0.3) is 0 Å². The van der Waals surface area contributed by atoms with E-state index in [1.165, 1.54) is 4.90 Å². The van der Waals surface area contributed by atoms with Crippen LogP contribution in [-0.4, -0.2) is 24.3 Å². The van der Waals surface area contributed by atoms with Crippen LogP contribution in [0.15, 0.2) is 47.1 Å². The molecular formula is C21H23IN6S2. The Labute approximate surface area is 196 Å². The molecule has 0 amide bonds. The van der Waals surface area contributed by atoms with Crippen LogP contribution >= 0.6 is 41.5 Å². The molecule has 0 atom stereocenters. The molecule has 0 bridgehead atoms. The average Bonchev–Trinajstić information content (AvgIpc) is 3.47. The number of halogens is 1. The first-order valence-electron chi connectivity index (χ1n) is 9.72. The number of thiazole rings is 1. The van der Waals surface area contributed by atoms with Crippen LogP contribution in [0, 0.1) is 6.92 Å². The standard InChI is InChI=1S/C21H23IN6S2/c1-5-28-20(9-16(26-28)13(2)3)25-21-24-17(11-29-21)15-6-7-18(19(8-15)30-22)27-10-14(4)23-12-27/h6-13H,5H2,1-4H3,(H,24,25). The zero-order chi connectivity index (χ0) is 21.3. The second-order valence-corrected chi connectivity index (χ2v) is 10.0. The van der Waals surface area contributed by atoms with Crippen molar-refractivity contribution in [3.8, 4) is 16.9 Å². The van der Waals surface area contributed by atoms with Crippen molar-refractivity contribution in [3.63, 3.8) is 0 Å². The summed E-state index contributed by atoms with van der Waals surface area (Å²) in [5.41, 5.74) is 5.29. The molecule has 3 heterocycles. The number of aryl methyl sites for hydroxylation is 2. The maximum absolute atomic E-state index is 4.82. The van der Waals surface area contributed by atoms with Crippen molar-refractivity contribution in [2.45, 2.75) is 45.1 Å². The van der Waals surface area contributed by atoms with Crippen LogP contribution in [0.25, 0.3) is 16.9 Å². The average molecular weight is 550 g/mol. The van der Waals surface area contributed by atoms with Crippen molar-refractivity contribution in [1.29, 1.82) is 0 Å². The van der Waals surface area contributed by atoms with Crippen LogP contribution in [0.5, 0.6) is 0 Å². The maximum atomic E-state index is 4.82. The van der Waals surface area contributed by atoms with E-state index in [4.69, 9.17) is 4.98 Å². The molecule has 0 fully saturated rings. The molecular weight excluding hydrogens is 527 g/mol. The van der Waals surface area contributed by atoms with E-state index >= 15 is 0 Å². The van der Waals surface area contributed by atoms with Gasteiger partial charge in [-0.2, -0.15) is 5.10 Å². The van der Waals surface area contributed by atoms with E-state index in [1.54, 1.807) is 20.3 Å². The van der Waals surface area contributed by atoms with E-state index < -0.39 is 0 Å². The number of hydrogen-bond donors (Lipinski definition) is 1. The van der Waals surface area contributed by atoms with E-state index in [1.807, 2.05) is 24.1 Å². The van der Waals surface area contributed by atoms with Crippen LogP contribution in [0.1, 0.15) is 38.1 Å². The highest BCUT2D eigenvalue weighted by Crippen LogP contribution is 2.36. The Kier molecular flexibility index (Phi) is 6.49. The zero-order valence-electron chi connectivity index (χ0n) is 17.3. The SMILES string of the molecule is CCn1nc(C(C)C)cc1Nc1nc(-c2ccc(-n3cnc(C)c3)c(SI)c2)cs1. The number of nitrogens with zero attached hydrogens (tertiary/aromatic N) is 5. The van der Waals surface area contributed by atoms with E-state index in [2.05, 4.69) is 91.6 Å². The van der Waals surface area contributed by atoms with Gasteiger partial charge in [0.05, 0.1) is 29.1 Å². The van der Waals surface area contributed by atoms with Gasteiger partial charge >= 0.3 is 0 Å². The molecule has 0 aliphatic heterocycles. The Balaban J connectivity index is 1.60. The van der Waals surface area contributed by atoms with Gasteiger partial charge in [-0.05, 0) is 31.9 Å². The Bertz CT molecular complexity index is 1160. The highest BCUT2D eigenvalue weighted by atomic mass is 127. The second-order valence-electron chi connectivity index (χ2n) is 7.27. The highest BCUT2D eigenvalue weighted by molar-refractivity contribution is 14.2. The number of benzene rings is 1. The van der Waals surface area contributed by atoms with Gasteiger partial charge in [0.15, 0.2) is 5.13 Å². The summed E-state index contributed by atoms with van der Waals surface area (Å²) in [5.74, 6) is 1.38. The largest absolute Gasteiger partial charge is 0.316 e. The molecule has 4 aromatic rings. The highest BCUT2D eigenvalue weighted by Gasteiger charge is 2.13. The normalized spacial score (nSPS) is 11.4. The molecule has 0 saturated carbocycles. The Morgan fingerprint density at radius 1 is 1.27 bits per heavy atom.